The Morgan fingerprint density at radius 1 is 1.30 bits per heavy atom. The van der Waals surface area contributed by atoms with Gasteiger partial charge < -0.3 is 10.1 Å². The maximum atomic E-state index is 13.0. The number of carbonyl (C=O) groups excluding carboxylic acids is 1. The second-order valence-corrected chi connectivity index (χ2v) is 9.39. The van der Waals surface area contributed by atoms with Crippen LogP contribution in [0.5, 0.6) is 5.75 Å². The van der Waals surface area contributed by atoms with E-state index in [-0.39, 0.29) is 22.9 Å². The number of thioether (sulfide) groups is 1. The number of fused-ring (bicyclic) bond motifs is 1. The summed E-state index contributed by atoms with van der Waals surface area (Å²) in [6, 6.07) is 6.78. The first-order chi connectivity index (χ1) is 15.8. The summed E-state index contributed by atoms with van der Waals surface area (Å²) < 4.78 is 45.8. The Hall–Kier alpha value is -2.79. The highest BCUT2D eigenvalue weighted by atomic mass is 32.2. The summed E-state index contributed by atoms with van der Waals surface area (Å²) >= 11 is 2.68. The largest absolute Gasteiger partial charge is 0.495 e. The molecule has 0 radical (unpaired) electrons. The Kier molecular flexibility index (Phi) is 6.80. The van der Waals surface area contributed by atoms with E-state index in [1.54, 1.807) is 15.9 Å². The number of hydrogen-bond donors (Lipinski definition) is 1. The average Bonchev–Trinajstić information content (AvgIpc) is 3.46. The normalized spacial score (nSPS) is 13.1. The van der Waals surface area contributed by atoms with Gasteiger partial charge in [0.05, 0.1) is 30.7 Å². The highest BCUT2D eigenvalue weighted by molar-refractivity contribution is 8.00. The van der Waals surface area contributed by atoms with E-state index >= 15 is 0 Å². The molecule has 4 rings (SSSR count). The summed E-state index contributed by atoms with van der Waals surface area (Å²) in [5.41, 5.74) is 0.570. The van der Waals surface area contributed by atoms with Gasteiger partial charge in [0.25, 0.3) is 0 Å². The summed E-state index contributed by atoms with van der Waals surface area (Å²) in [4.78, 5) is 30.5. The van der Waals surface area contributed by atoms with E-state index in [9.17, 15) is 22.8 Å². The fourth-order valence-corrected chi connectivity index (χ4v) is 5.30. The van der Waals surface area contributed by atoms with Crippen LogP contribution in [-0.4, -0.2) is 28.3 Å². The van der Waals surface area contributed by atoms with Gasteiger partial charge in [-0.2, -0.15) is 18.2 Å². The SMILES string of the molecule is COc1ccc(C(F)(F)F)cc1NC(=O)CSc1nc(=O)n(Cc2cccs2)c2c1CCC2. The number of benzene rings is 1. The number of hydrogen-bond acceptors (Lipinski definition) is 6. The lowest BCUT2D eigenvalue weighted by atomic mass is 10.2. The lowest BCUT2D eigenvalue weighted by molar-refractivity contribution is -0.137. The molecule has 1 aliphatic carbocycles. The number of nitrogens with zero attached hydrogens (tertiary/aromatic N) is 2. The number of aromatic nitrogens is 2. The third kappa shape index (κ3) is 5.25. The van der Waals surface area contributed by atoms with Crippen LogP contribution in [0.25, 0.3) is 0 Å². The number of halogens is 3. The van der Waals surface area contributed by atoms with E-state index in [0.29, 0.717) is 11.6 Å². The maximum absolute atomic E-state index is 13.0. The van der Waals surface area contributed by atoms with Gasteiger partial charge in [0.15, 0.2) is 0 Å². The van der Waals surface area contributed by atoms with Crippen LogP contribution in [0.15, 0.2) is 45.5 Å². The maximum Gasteiger partial charge on any atom is 0.416 e. The number of rotatable bonds is 7. The van der Waals surface area contributed by atoms with Crippen LogP contribution in [0, 0.1) is 0 Å². The molecule has 174 valence electrons. The number of ether oxygens (including phenoxy) is 1. The second-order valence-electron chi connectivity index (χ2n) is 7.39. The zero-order chi connectivity index (χ0) is 23.6. The molecule has 2 heterocycles. The summed E-state index contributed by atoms with van der Waals surface area (Å²) in [5, 5.41) is 4.93. The zero-order valence-electron chi connectivity index (χ0n) is 17.6. The topological polar surface area (TPSA) is 73.2 Å². The van der Waals surface area contributed by atoms with Crippen molar-refractivity contribution >= 4 is 34.7 Å². The van der Waals surface area contributed by atoms with Gasteiger partial charge in [-0.15, -0.1) is 11.3 Å². The van der Waals surface area contributed by atoms with Crippen LogP contribution in [-0.2, 0) is 30.4 Å². The van der Waals surface area contributed by atoms with Crippen molar-refractivity contribution in [3.05, 3.63) is 67.9 Å². The number of methoxy groups -OCH3 is 1. The minimum absolute atomic E-state index is 0.0671. The zero-order valence-corrected chi connectivity index (χ0v) is 19.2. The van der Waals surface area contributed by atoms with Crippen molar-refractivity contribution in [1.82, 2.24) is 9.55 Å². The first kappa shape index (κ1) is 23.4. The van der Waals surface area contributed by atoms with Crippen LogP contribution in [0.3, 0.4) is 0 Å². The summed E-state index contributed by atoms with van der Waals surface area (Å²) in [5.74, 6) is -0.502. The van der Waals surface area contributed by atoms with Crippen molar-refractivity contribution in [2.45, 2.75) is 37.0 Å². The Bertz CT molecular complexity index is 1220. The molecule has 1 aromatic carbocycles. The van der Waals surface area contributed by atoms with Gasteiger partial charge in [0, 0.05) is 16.1 Å². The lowest BCUT2D eigenvalue weighted by Crippen LogP contribution is -2.27. The first-order valence-electron chi connectivity index (χ1n) is 10.1. The Morgan fingerprint density at radius 2 is 2.12 bits per heavy atom. The van der Waals surface area contributed by atoms with Gasteiger partial charge in [-0.3, -0.25) is 9.36 Å². The van der Waals surface area contributed by atoms with Gasteiger partial charge in [-0.25, -0.2) is 4.79 Å². The van der Waals surface area contributed by atoms with Gasteiger partial charge >= 0.3 is 11.9 Å². The summed E-state index contributed by atoms with van der Waals surface area (Å²) in [6.45, 7) is 0.465. The predicted molar refractivity (Wildman–Crippen MR) is 121 cm³/mol. The predicted octanol–water partition coefficient (Wildman–Crippen LogP) is 4.60. The minimum atomic E-state index is -4.54. The molecule has 0 aliphatic heterocycles. The minimum Gasteiger partial charge on any atom is -0.495 e. The van der Waals surface area contributed by atoms with E-state index in [1.807, 2.05) is 17.5 Å². The number of carbonyl (C=O) groups is 1. The molecule has 0 saturated carbocycles. The number of nitrogens with one attached hydrogen (secondary N) is 1. The lowest BCUT2D eigenvalue weighted by Gasteiger charge is -2.15. The molecule has 0 bridgehead atoms. The monoisotopic (exact) mass is 495 g/mol. The Labute approximate surface area is 195 Å². The van der Waals surface area contributed by atoms with Crippen LogP contribution in [0.4, 0.5) is 18.9 Å². The number of amides is 1. The molecule has 1 aliphatic rings. The third-order valence-electron chi connectivity index (χ3n) is 5.24. The summed E-state index contributed by atoms with van der Waals surface area (Å²) in [6.07, 6.45) is -2.12. The van der Waals surface area contributed by atoms with Crippen molar-refractivity contribution in [2.75, 3.05) is 18.2 Å². The molecule has 33 heavy (non-hydrogen) atoms. The highest BCUT2D eigenvalue weighted by Crippen LogP contribution is 2.35. The molecule has 0 atom stereocenters. The van der Waals surface area contributed by atoms with Crippen molar-refractivity contribution in [3.8, 4) is 5.75 Å². The van der Waals surface area contributed by atoms with Gasteiger partial charge in [-0.05, 0) is 48.9 Å². The molecule has 0 saturated heterocycles. The van der Waals surface area contributed by atoms with Crippen molar-refractivity contribution in [2.24, 2.45) is 0 Å². The van der Waals surface area contributed by atoms with E-state index in [2.05, 4.69) is 10.3 Å². The van der Waals surface area contributed by atoms with Gasteiger partial charge in [-0.1, -0.05) is 17.8 Å². The fourth-order valence-electron chi connectivity index (χ4n) is 3.73. The van der Waals surface area contributed by atoms with E-state index in [1.165, 1.54) is 7.11 Å². The molecule has 0 unspecified atom stereocenters. The fraction of sp³-hybridized carbons (Fsp3) is 0.318. The molecular weight excluding hydrogens is 475 g/mol. The van der Waals surface area contributed by atoms with E-state index in [0.717, 1.165) is 65.4 Å². The van der Waals surface area contributed by atoms with Crippen LogP contribution in [0.1, 0.15) is 28.1 Å². The Balaban J connectivity index is 1.50. The second kappa shape index (κ2) is 9.60. The molecular formula is C22H20F3N3O3S2. The van der Waals surface area contributed by atoms with E-state index < -0.39 is 17.6 Å². The average molecular weight is 496 g/mol. The molecule has 1 N–H and O–H groups in total. The smallest absolute Gasteiger partial charge is 0.416 e. The van der Waals surface area contributed by atoms with E-state index in [4.69, 9.17) is 4.74 Å². The van der Waals surface area contributed by atoms with Gasteiger partial charge in [0.1, 0.15) is 10.8 Å². The molecule has 3 aromatic rings. The van der Waals surface area contributed by atoms with Crippen molar-refractivity contribution in [3.63, 3.8) is 0 Å². The first-order valence-corrected chi connectivity index (χ1v) is 12.0. The molecule has 0 spiro atoms. The van der Waals surface area contributed by atoms with Crippen LogP contribution >= 0.6 is 23.1 Å². The van der Waals surface area contributed by atoms with Crippen LogP contribution < -0.4 is 15.7 Å². The quantitative estimate of drug-likeness (QED) is 0.383. The van der Waals surface area contributed by atoms with Crippen molar-refractivity contribution < 1.29 is 22.7 Å². The van der Waals surface area contributed by atoms with Crippen LogP contribution in [0.2, 0.25) is 0 Å². The van der Waals surface area contributed by atoms with Gasteiger partial charge in [0.2, 0.25) is 5.91 Å². The standard InChI is InChI=1S/C22H20F3N3O3S2/c1-31-18-8-7-13(22(23,24)25)10-16(18)26-19(29)12-33-20-15-5-2-6-17(15)28(21(30)27-20)11-14-4-3-9-32-14/h3-4,7-10H,2,5-6,11-12H2,1H3,(H,26,29). The molecule has 6 nitrogen and oxygen atoms in total. The number of thiophene rings is 1. The molecule has 11 heteroatoms. The molecule has 1 amide bonds. The number of anilines is 1. The van der Waals surface area contributed by atoms with Crippen molar-refractivity contribution in [1.29, 1.82) is 0 Å². The third-order valence-corrected chi connectivity index (χ3v) is 7.11. The highest BCUT2D eigenvalue weighted by Gasteiger charge is 2.31. The number of alkyl halides is 3. The Morgan fingerprint density at radius 3 is 2.82 bits per heavy atom. The summed E-state index contributed by atoms with van der Waals surface area (Å²) in [7, 11) is 1.31. The molecule has 2 aromatic heterocycles. The molecule has 0 fully saturated rings.